The number of hydrogen-bond acceptors (Lipinski definition) is 6. The Balaban J connectivity index is 1.63. The number of rotatable bonds is 7. The van der Waals surface area contributed by atoms with Gasteiger partial charge in [-0.2, -0.15) is 5.10 Å². The van der Waals surface area contributed by atoms with Crippen molar-refractivity contribution in [3.05, 3.63) is 76.3 Å². The predicted octanol–water partition coefficient (Wildman–Crippen LogP) is 5.02. The first-order chi connectivity index (χ1) is 14.6. The largest absolute Gasteiger partial charge is 0.348 e. The Morgan fingerprint density at radius 3 is 2.67 bits per heavy atom. The molecule has 4 rings (SSSR count). The van der Waals surface area contributed by atoms with E-state index in [-0.39, 0.29) is 6.17 Å². The van der Waals surface area contributed by atoms with Gasteiger partial charge in [-0.05, 0) is 55.3 Å². The molecule has 2 aromatic heterocycles. The van der Waals surface area contributed by atoms with Crippen molar-refractivity contribution in [1.29, 1.82) is 0 Å². The fourth-order valence-electron chi connectivity index (χ4n) is 3.65. The first-order valence-corrected chi connectivity index (χ1v) is 11.0. The summed E-state index contributed by atoms with van der Waals surface area (Å²) in [6, 6.07) is 19.1. The number of thiophene rings is 1. The minimum absolute atomic E-state index is 0.356. The molecule has 6 heteroatoms. The molecular weight excluding hydrogens is 390 g/mol. The lowest BCUT2D eigenvalue weighted by Crippen LogP contribution is -2.20. The third-order valence-corrected chi connectivity index (χ3v) is 6.51. The van der Waals surface area contributed by atoms with Gasteiger partial charge in [0, 0.05) is 27.1 Å². The van der Waals surface area contributed by atoms with E-state index in [0.29, 0.717) is 0 Å². The molecule has 0 aliphatic carbocycles. The second-order valence-corrected chi connectivity index (χ2v) is 8.49. The molecule has 0 fully saturated rings. The molecule has 0 aliphatic rings. The highest BCUT2D eigenvalue weighted by Crippen LogP contribution is 2.34. The molecule has 0 amide bonds. The van der Waals surface area contributed by atoms with Crippen LogP contribution in [0.25, 0.3) is 21.2 Å². The van der Waals surface area contributed by atoms with Crippen LogP contribution in [0.5, 0.6) is 0 Å². The highest BCUT2D eigenvalue weighted by atomic mass is 32.1. The lowest BCUT2D eigenvalue weighted by atomic mass is 10.1. The monoisotopic (exact) mass is 417 g/mol. The molecule has 2 heterocycles. The maximum absolute atomic E-state index is 6.53. The summed E-state index contributed by atoms with van der Waals surface area (Å²) in [4.78, 5) is 2.27. The number of nitrogens with one attached hydrogen (secondary N) is 2. The standard InChI is InChI=1S/C24H27N5S/c1-4-16-9-10-18-15(2)28-29-24(20(18)13-16)27-23(25)22-12-11-21(30-22)19-8-6-5-7-17(19)14-26-3/h5-13,23,26H,4,14,25H2,1-3H3,(H,27,29)/t23-/m0/s1. The number of fused-ring (bicyclic) bond motifs is 1. The topological polar surface area (TPSA) is 75.9 Å². The average Bonchev–Trinajstić information content (AvgIpc) is 3.26. The Bertz CT molecular complexity index is 1170. The third-order valence-electron chi connectivity index (χ3n) is 5.31. The van der Waals surface area contributed by atoms with Crippen molar-refractivity contribution < 1.29 is 0 Å². The first-order valence-electron chi connectivity index (χ1n) is 10.2. The molecule has 154 valence electrons. The lowest BCUT2D eigenvalue weighted by molar-refractivity contribution is 0.820. The van der Waals surface area contributed by atoms with E-state index in [2.05, 4.69) is 82.4 Å². The first kappa shape index (κ1) is 20.5. The van der Waals surface area contributed by atoms with Crippen LogP contribution in [0.15, 0.2) is 54.6 Å². The molecule has 1 atom stereocenters. The molecule has 0 saturated carbocycles. The van der Waals surface area contributed by atoms with Crippen molar-refractivity contribution in [3.63, 3.8) is 0 Å². The Hall–Kier alpha value is -2.80. The second kappa shape index (κ2) is 8.92. The molecule has 0 aliphatic heterocycles. The van der Waals surface area contributed by atoms with Crippen molar-refractivity contribution >= 4 is 27.9 Å². The SMILES string of the molecule is CCc1ccc2c(C)nnc(N[C@H](N)c3ccc(-c4ccccc4CNC)s3)c2c1. The van der Waals surface area contributed by atoms with Crippen LogP contribution in [0.2, 0.25) is 0 Å². The van der Waals surface area contributed by atoms with Gasteiger partial charge in [-0.1, -0.05) is 43.3 Å². The van der Waals surface area contributed by atoms with Crippen molar-refractivity contribution in [2.24, 2.45) is 5.73 Å². The van der Waals surface area contributed by atoms with Gasteiger partial charge in [0.05, 0.1) is 5.69 Å². The summed E-state index contributed by atoms with van der Waals surface area (Å²) < 4.78 is 0. The van der Waals surface area contributed by atoms with Gasteiger partial charge in [0.25, 0.3) is 0 Å². The zero-order chi connectivity index (χ0) is 21.1. The summed E-state index contributed by atoms with van der Waals surface area (Å²) in [5, 5.41) is 17.5. The van der Waals surface area contributed by atoms with Gasteiger partial charge in [-0.15, -0.1) is 16.4 Å². The van der Waals surface area contributed by atoms with Gasteiger partial charge in [-0.3, -0.25) is 0 Å². The predicted molar refractivity (Wildman–Crippen MR) is 127 cm³/mol. The number of nitrogens with two attached hydrogens (primary N) is 1. The maximum Gasteiger partial charge on any atom is 0.158 e. The van der Waals surface area contributed by atoms with Crippen LogP contribution in [-0.2, 0) is 13.0 Å². The van der Waals surface area contributed by atoms with Crippen LogP contribution in [0, 0.1) is 6.92 Å². The number of benzene rings is 2. The van der Waals surface area contributed by atoms with Crippen LogP contribution in [-0.4, -0.2) is 17.2 Å². The van der Waals surface area contributed by atoms with E-state index >= 15 is 0 Å². The molecular formula is C24H27N5S. The number of aromatic nitrogens is 2. The summed E-state index contributed by atoms with van der Waals surface area (Å²) in [6.07, 6.45) is 0.619. The van der Waals surface area contributed by atoms with Crippen molar-refractivity contribution in [2.45, 2.75) is 33.0 Å². The fraction of sp³-hybridized carbons (Fsp3) is 0.250. The van der Waals surface area contributed by atoms with Gasteiger partial charge in [0.15, 0.2) is 5.82 Å². The van der Waals surface area contributed by atoms with E-state index in [1.54, 1.807) is 11.3 Å². The van der Waals surface area contributed by atoms with Crippen LogP contribution in [0.3, 0.4) is 0 Å². The minimum atomic E-state index is -0.356. The zero-order valence-electron chi connectivity index (χ0n) is 17.6. The molecule has 5 nitrogen and oxygen atoms in total. The summed E-state index contributed by atoms with van der Waals surface area (Å²) in [5.41, 5.74) is 11.2. The van der Waals surface area contributed by atoms with Gasteiger partial charge < -0.3 is 16.4 Å². The molecule has 2 aromatic carbocycles. The molecule has 4 aromatic rings. The molecule has 0 unspecified atom stereocenters. The smallest absolute Gasteiger partial charge is 0.158 e. The van der Waals surface area contributed by atoms with Crippen LogP contribution < -0.4 is 16.4 Å². The Labute approximate surface area is 181 Å². The summed E-state index contributed by atoms with van der Waals surface area (Å²) >= 11 is 1.71. The number of anilines is 1. The molecule has 4 N–H and O–H groups in total. The van der Waals surface area contributed by atoms with E-state index in [4.69, 9.17) is 5.73 Å². The Morgan fingerprint density at radius 2 is 1.87 bits per heavy atom. The van der Waals surface area contributed by atoms with Crippen LogP contribution in [0.1, 0.15) is 34.8 Å². The number of nitrogens with zero attached hydrogens (tertiary/aromatic N) is 2. The highest BCUT2D eigenvalue weighted by molar-refractivity contribution is 7.15. The second-order valence-electron chi connectivity index (χ2n) is 7.38. The van der Waals surface area contributed by atoms with Gasteiger partial charge >= 0.3 is 0 Å². The zero-order valence-corrected chi connectivity index (χ0v) is 18.4. The molecule has 0 spiro atoms. The summed E-state index contributed by atoms with van der Waals surface area (Å²) in [7, 11) is 1.97. The maximum atomic E-state index is 6.53. The van der Waals surface area contributed by atoms with Crippen molar-refractivity contribution in [1.82, 2.24) is 15.5 Å². The quantitative estimate of drug-likeness (QED) is 0.368. The van der Waals surface area contributed by atoms with Gasteiger partial charge in [0.1, 0.15) is 6.17 Å². The summed E-state index contributed by atoms with van der Waals surface area (Å²) in [5.74, 6) is 0.726. The average molecular weight is 418 g/mol. The number of hydrogen-bond donors (Lipinski definition) is 3. The van der Waals surface area contributed by atoms with Gasteiger partial charge in [-0.25, -0.2) is 0 Å². The Morgan fingerprint density at radius 1 is 1.03 bits per heavy atom. The lowest BCUT2D eigenvalue weighted by Gasteiger charge is -2.15. The normalized spacial score (nSPS) is 12.3. The molecule has 30 heavy (non-hydrogen) atoms. The van der Waals surface area contributed by atoms with Crippen molar-refractivity contribution in [2.75, 3.05) is 12.4 Å². The number of aryl methyl sites for hydroxylation is 2. The molecule has 0 saturated heterocycles. The Kier molecular flexibility index (Phi) is 6.08. The van der Waals surface area contributed by atoms with Crippen LogP contribution >= 0.6 is 11.3 Å². The van der Waals surface area contributed by atoms with E-state index in [1.165, 1.54) is 21.6 Å². The van der Waals surface area contributed by atoms with Gasteiger partial charge in [0.2, 0.25) is 0 Å². The minimum Gasteiger partial charge on any atom is -0.348 e. The van der Waals surface area contributed by atoms with Crippen molar-refractivity contribution in [3.8, 4) is 10.4 Å². The highest BCUT2D eigenvalue weighted by Gasteiger charge is 2.15. The summed E-state index contributed by atoms with van der Waals surface area (Å²) in [6.45, 7) is 4.97. The third kappa shape index (κ3) is 4.07. The van der Waals surface area contributed by atoms with Crippen LogP contribution in [0.4, 0.5) is 5.82 Å². The fourth-order valence-corrected chi connectivity index (χ4v) is 4.67. The van der Waals surface area contributed by atoms with E-state index in [9.17, 15) is 0 Å². The molecule has 0 radical (unpaired) electrons. The van der Waals surface area contributed by atoms with E-state index in [0.717, 1.165) is 40.1 Å². The molecule has 0 bridgehead atoms. The van der Waals surface area contributed by atoms with E-state index < -0.39 is 0 Å². The van der Waals surface area contributed by atoms with E-state index in [1.807, 2.05) is 14.0 Å².